The molecule has 0 saturated carbocycles. The van der Waals surface area contributed by atoms with Gasteiger partial charge in [0.15, 0.2) is 0 Å². The topological polar surface area (TPSA) is 128 Å². The van der Waals surface area contributed by atoms with Crippen LogP contribution in [0.3, 0.4) is 0 Å². The van der Waals surface area contributed by atoms with Gasteiger partial charge in [-0.2, -0.15) is 11.8 Å². The van der Waals surface area contributed by atoms with Gasteiger partial charge in [-0.05, 0) is 37.7 Å². The van der Waals surface area contributed by atoms with Crippen LogP contribution in [-0.2, 0) is 20.9 Å². The third-order valence-electron chi connectivity index (χ3n) is 5.75. The number of nitro groups is 1. The number of carbonyl (C=O) groups is 2. The van der Waals surface area contributed by atoms with Crippen LogP contribution in [0, 0.1) is 10.1 Å². The summed E-state index contributed by atoms with van der Waals surface area (Å²) in [5.41, 5.74) is 2.28. The predicted octanol–water partition coefficient (Wildman–Crippen LogP) is 4.88. The number of ether oxygens (including phenoxy) is 2. The fraction of sp³-hybridized carbons (Fsp3) is 0.333. The van der Waals surface area contributed by atoms with E-state index in [-0.39, 0.29) is 30.9 Å². The van der Waals surface area contributed by atoms with Crippen LogP contribution in [-0.4, -0.2) is 40.1 Å². The average Bonchev–Trinajstić information content (AvgIpc) is 2.86. The molecule has 9 nitrogen and oxygen atoms in total. The molecule has 0 amide bonds. The highest BCUT2D eigenvalue weighted by atomic mass is 32.2. The van der Waals surface area contributed by atoms with Crippen LogP contribution in [0.4, 0.5) is 0 Å². The number of nitrogens with one attached hydrogen (secondary N) is 1. The van der Waals surface area contributed by atoms with Crippen LogP contribution in [0.5, 0.6) is 5.75 Å². The first-order valence-corrected chi connectivity index (χ1v) is 13.0. The average molecular weight is 527 g/mol. The van der Waals surface area contributed by atoms with E-state index in [4.69, 9.17) is 14.6 Å². The number of hydrogen-bond donors (Lipinski definition) is 2. The van der Waals surface area contributed by atoms with Crippen LogP contribution in [0.25, 0.3) is 0 Å². The van der Waals surface area contributed by atoms with Gasteiger partial charge in [-0.3, -0.25) is 14.9 Å². The van der Waals surface area contributed by atoms with Crippen LogP contribution in [0.15, 0.2) is 77.3 Å². The molecule has 0 aromatic heterocycles. The van der Waals surface area contributed by atoms with Crippen LogP contribution >= 0.6 is 11.8 Å². The Kier molecular flexibility index (Phi) is 10.1. The van der Waals surface area contributed by atoms with E-state index < -0.39 is 22.8 Å². The molecule has 1 atom stereocenters. The molecule has 10 heteroatoms. The molecule has 2 aromatic rings. The summed E-state index contributed by atoms with van der Waals surface area (Å²) in [5.74, 6) is -0.913. The molecule has 196 valence electrons. The Morgan fingerprint density at radius 2 is 1.76 bits per heavy atom. The smallest absolute Gasteiger partial charge is 0.337 e. The third-order valence-corrected chi connectivity index (χ3v) is 6.78. The minimum atomic E-state index is -0.987. The summed E-state index contributed by atoms with van der Waals surface area (Å²) in [5, 5.41) is 23.8. The molecule has 0 bridgehead atoms. The Balaban J connectivity index is 1.82. The second kappa shape index (κ2) is 13.5. The maximum atomic E-state index is 13.2. The normalized spacial score (nSPS) is 15.2. The van der Waals surface area contributed by atoms with Crippen molar-refractivity contribution in [1.29, 1.82) is 0 Å². The number of carbonyl (C=O) groups excluding carboxylic acids is 1. The molecule has 0 fully saturated rings. The summed E-state index contributed by atoms with van der Waals surface area (Å²) in [6.07, 6.45) is 0.619. The van der Waals surface area contributed by atoms with E-state index in [2.05, 4.69) is 5.32 Å². The van der Waals surface area contributed by atoms with Crippen molar-refractivity contribution in [3.63, 3.8) is 0 Å². The number of aliphatic carboxylic acids is 1. The maximum absolute atomic E-state index is 13.2. The van der Waals surface area contributed by atoms with Crippen molar-refractivity contribution in [2.45, 2.75) is 39.2 Å². The first-order valence-electron chi connectivity index (χ1n) is 11.8. The molecule has 2 aromatic carbocycles. The number of nitrogens with zero attached hydrogens (tertiary/aromatic N) is 1. The van der Waals surface area contributed by atoms with Crippen LogP contribution in [0.1, 0.15) is 43.7 Å². The fourth-order valence-corrected chi connectivity index (χ4v) is 4.84. The summed E-state index contributed by atoms with van der Waals surface area (Å²) in [6.45, 7) is 3.67. The van der Waals surface area contributed by atoms with Gasteiger partial charge < -0.3 is 19.9 Å². The molecule has 0 saturated heterocycles. The molecule has 0 radical (unpaired) electrons. The summed E-state index contributed by atoms with van der Waals surface area (Å²) >= 11 is 1.48. The number of dihydropyridines is 1. The number of thioether (sulfide) groups is 1. The lowest BCUT2D eigenvalue weighted by molar-refractivity contribution is -0.431. The lowest BCUT2D eigenvalue weighted by Crippen LogP contribution is -2.32. The van der Waals surface area contributed by atoms with E-state index in [0.29, 0.717) is 40.6 Å². The standard InChI is InChI=1S/C27H30N2O7S/c1-18-24(27(32)35-14-16-37-15-8-13-23(30)31)25(26(29(33)34)19(2)28-18)21-11-6-7-12-22(21)36-17-20-9-4-3-5-10-20/h3-7,9-12,25,28H,8,13-17H2,1-2H3,(H,30,31). The summed E-state index contributed by atoms with van der Waals surface area (Å²) < 4.78 is 11.6. The number of rotatable bonds is 13. The molecule has 2 N–H and O–H groups in total. The van der Waals surface area contributed by atoms with Crippen LogP contribution < -0.4 is 10.1 Å². The van der Waals surface area contributed by atoms with Gasteiger partial charge in [0.2, 0.25) is 0 Å². The van der Waals surface area contributed by atoms with Gasteiger partial charge in [-0.15, -0.1) is 0 Å². The molecule has 1 unspecified atom stereocenters. The van der Waals surface area contributed by atoms with Crippen molar-refractivity contribution in [3.05, 3.63) is 98.5 Å². The molecular formula is C27H30N2O7S. The second-order valence-electron chi connectivity index (χ2n) is 8.42. The fourth-order valence-electron chi connectivity index (χ4n) is 4.08. The highest BCUT2D eigenvalue weighted by Crippen LogP contribution is 2.42. The highest BCUT2D eigenvalue weighted by molar-refractivity contribution is 7.99. The SMILES string of the molecule is CC1=C(C(=O)OCCSCCCC(=O)O)C(c2ccccc2OCc2ccccc2)C([N+](=O)[O-])=C(C)N1. The quantitative estimate of drug-likeness (QED) is 0.162. The summed E-state index contributed by atoms with van der Waals surface area (Å²) in [7, 11) is 0. The minimum Gasteiger partial charge on any atom is -0.489 e. The Bertz CT molecular complexity index is 1190. The number of carboxylic acids is 1. The molecule has 1 heterocycles. The predicted molar refractivity (Wildman–Crippen MR) is 141 cm³/mol. The zero-order valence-electron chi connectivity index (χ0n) is 20.8. The van der Waals surface area contributed by atoms with Gasteiger partial charge in [-0.25, -0.2) is 4.79 Å². The van der Waals surface area contributed by atoms with Crippen molar-refractivity contribution in [2.75, 3.05) is 18.1 Å². The van der Waals surface area contributed by atoms with Crippen LogP contribution in [0.2, 0.25) is 0 Å². The van der Waals surface area contributed by atoms with Gasteiger partial charge in [0.1, 0.15) is 24.9 Å². The molecule has 1 aliphatic rings. The monoisotopic (exact) mass is 526 g/mol. The first kappa shape index (κ1) is 27.8. The van der Waals surface area contributed by atoms with Gasteiger partial charge in [0.25, 0.3) is 5.70 Å². The van der Waals surface area contributed by atoms with E-state index in [1.807, 2.05) is 30.3 Å². The summed E-state index contributed by atoms with van der Waals surface area (Å²) in [4.78, 5) is 35.6. The lowest BCUT2D eigenvalue weighted by atomic mass is 9.83. The zero-order chi connectivity index (χ0) is 26.8. The number of carboxylic acid groups (broad SMARTS) is 1. The largest absolute Gasteiger partial charge is 0.489 e. The Morgan fingerprint density at radius 3 is 2.46 bits per heavy atom. The van der Waals surface area contributed by atoms with E-state index >= 15 is 0 Å². The van der Waals surface area contributed by atoms with Gasteiger partial charge in [-0.1, -0.05) is 48.5 Å². The van der Waals surface area contributed by atoms with Gasteiger partial charge >= 0.3 is 11.9 Å². The Hall–Kier alpha value is -3.79. The molecule has 0 spiro atoms. The van der Waals surface area contributed by atoms with Crippen molar-refractivity contribution >= 4 is 23.7 Å². The molecule has 1 aliphatic heterocycles. The molecular weight excluding hydrogens is 496 g/mol. The maximum Gasteiger partial charge on any atom is 0.337 e. The van der Waals surface area contributed by atoms with Crippen molar-refractivity contribution in [3.8, 4) is 5.75 Å². The second-order valence-corrected chi connectivity index (χ2v) is 9.65. The van der Waals surface area contributed by atoms with Gasteiger partial charge in [0.05, 0.1) is 16.2 Å². The third kappa shape index (κ3) is 7.60. The Morgan fingerprint density at radius 1 is 1.05 bits per heavy atom. The summed E-state index contributed by atoms with van der Waals surface area (Å²) in [6, 6.07) is 16.6. The number of hydrogen-bond acceptors (Lipinski definition) is 8. The zero-order valence-corrected chi connectivity index (χ0v) is 21.6. The number of para-hydroxylation sites is 1. The lowest BCUT2D eigenvalue weighted by Gasteiger charge is -2.27. The van der Waals surface area contributed by atoms with E-state index in [9.17, 15) is 19.7 Å². The van der Waals surface area contributed by atoms with Crippen molar-refractivity contribution in [2.24, 2.45) is 0 Å². The number of allylic oxidation sites excluding steroid dienone is 3. The first-order chi connectivity index (χ1) is 17.8. The van der Waals surface area contributed by atoms with Gasteiger partial charge in [0, 0.05) is 23.4 Å². The molecule has 37 heavy (non-hydrogen) atoms. The molecule has 3 rings (SSSR count). The molecule has 0 aliphatic carbocycles. The number of esters is 1. The number of benzene rings is 2. The highest BCUT2D eigenvalue weighted by Gasteiger charge is 2.42. The Labute approximate surface area is 219 Å². The van der Waals surface area contributed by atoms with E-state index in [1.54, 1.807) is 38.1 Å². The van der Waals surface area contributed by atoms with E-state index in [1.165, 1.54) is 11.8 Å². The van der Waals surface area contributed by atoms with Crippen molar-refractivity contribution in [1.82, 2.24) is 5.32 Å². The van der Waals surface area contributed by atoms with Crippen molar-refractivity contribution < 1.29 is 29.1 Å². The minimum absolute atomic E-state index is 0.0906. The van der Waals surface area contributed by atoms with E-state index in [0.717, 1.165) is 5.56 Å².